The molecular weight excluding hydrogens is 657 g/mol. The summed E-state index contributed by atoms with van der Waals surface area (Å²) in [5.74, 6) is 0.976. The number of anilines is 6. The Balaban J connectivity index is 1.09. The standard InChI is InChI=1S/C51H34N2O/c1-4-16-35(17-5-1)52(36-18-6-2-7-19-36)38-28-30-39(31-29-38)53(37-20-8-3-9-21-37)40-32-33-47-44(34-40)41-22-10-13-25-45(41)51(47)46-26-14-11-23-42(46)50-49(51)43-24-12-15-27-48(43)54-50/h1-34H. The Morgan fingerprint density at radius 3 is 1.37 bits per heavy atom. The van der Waals surface area contributed by atoms with Gasteiger partial charge in [-0.15, -0.1) is 0 Å². The minimum atomic E-state index is -0.486. The molecule has 1 aromatic heterocycles. The van der Waals surface area contributed by atoms with Crippen molar-refractivity contribution < 1.29 is 4.42 Å². The van der Waals surface area contributed by atoms with E-state index in [1.807, 2.05) is 0 Å². The van der Waals surface area contributed by atoms with Crippen molar-refractivity contribution in [2.24, 2.45) is 0 Å². The molecule has 9 aromatic rings. The summed E-state index contributed by atoms with van der Waals surface area (Å²) >= 11 is 0. The highest BCUT2D eigenvalue weighted by Crippen LogP contribution is 2.65. The summed E-state index contributed by atoms with van der Waals surface area (Å²) in [6, 6.07) is 74.1. The lowest BCUT2D eigenvalue weighted by atomic mass is 9.70. The monoisotopic (exact) mass is 690 g/mol. The number of para-hydroxylation sites is 4. The zero-order chi connectivity index (χ0) is 35.6. The Morgan fingerprint density at radius 2 is 0.759 bits per heavy atom. The van der Waals surface area contributed by atoms with Crippen LogP contribution < -0.4 is 9.80 Å². The molecule has 1 atom stereocenters. The highest BCUT2D eigenvalue weighted by atomic mass is 16.3. The number of fused-ring (bicyclic) bond motifs is 12. The minimum Gasteiger partial charge on any atom is -0.456 e. The van der Waals surface area contributed by atoms with Gasteiger partial charge in [0.15, 0.2) is 0 Å². The van der Waals surface area contributed by atoms with Crippen LogP contribution in [-0.4, -0.2) is 0 Å². The van der Waals surface area contributed by atoms with Crippen LogP contribution in [0.3, 0.4) is 0 Å². The fourth-order valence-corrected chi connectivity index (χ4v) is 9.10. The number of benzene rings is 8. The van der Waals surface area contributed by atoms with Crippen molar-refractivity contribution in [3.05, 3.63) is 229 Å². The first-order chi connectivity index (χ1) is 26.8. The molecule has 1 heterocycles. The first-order valence-corrected chi connectivity index (χ1v) is 18.5. The predicted octanol–water partition coefficient (Wildman–Crippen LogP) is 13.7. The normalized spacial score (nSPS) is 14.7. The molecular formula is C51H34N2O. The largest absolute Gasteiger partial charge is 0.456 e. The molecule has 0 saturated heterocycles. The van der Waals surface area contributed by atoms with Gasteiger partial charge in [0.2, 0.25) is 0 Å². The van der Waals surface area contributed by atoms with E-state index in [0.29, 0.717) is 0 Å². The van der Waals surface area contributed by atoms with Gasteiger partial charge in [-0.3, -0.25) is 0 Å². The molecule has 2 aliphatic rings. The van der Waals surface area contributed by atoms with Crippen LogP contribution in [0.4, 0.5) is 34.1 Å². The summed E-state index contributed by atoms with van der Waals surface area (Å²) in [5, 5.41) is 1.17. The van der Waals surface area contributed by atoms with Crippen molar-refractivity contribution in [2.45, 2.75) is 5.41 Å². The summed E-state index contributed by atoms with van der Waals surface area (Å²) < 4.78 is 6.70. The fourth-order valence-electron chi connectivity index (χ4n) is 9.10. The first-order valence-electron chi connectivity index (χ1n) is 18.5. The van der Waals surface area contributed by atoms with E-state index in [1.54, 1.807) is 0 Å². The highest BCUT2D eigenvalue weighted by molar-refractivity contribution is 6.02. The fraction of sp³-hybridized carbons (Fsp3) is 0.0196. The number of nitrogens with zero attached hydrogens (tertiary/aromatic N) is 2. The highest BCUT2D eigenvalue weighted by Gasteiger charge is 2.54. The number of hydrogen-bond acceptors (Lipinski definition) is 3. The number of rotatable bonds is 6. The van der Waals surface area contributed by atoms with Crippen molar-refractivity contribution in [3.63, 3.8) is 0 Å². The second-order valence-electron chi connectivity index (χ2n) is 14.1. The maximum Gasteiger partial charge on any atom is 0.140 e. The number of furan rings is 1. The Hall–Kier alpha value is -7.10. The molecule has 0 saturated carbocycles. The Labute approximate surface area is 314 Å². The second-order valence-corrected chi connectivity index (χ2v) is 14.1. The minimum absolute atomic E-state index is 0.486. The molecule has 1 spiro atoms. The van der Waals surface area contributed by atoms with Crippen LogP contribution in [0.25, 0.3) is 33.4 Å². The van der Waals surface area contributed by atoms with Gasteiger partial charge in [-0.1, -0.05) is 127 Å². The van der Waals surface area contributed by atoms with Crippen LogP contribution in [0.15, 0.2) is 211 Å². The Bertz CT molecular complexity index is 2790. The quantitative estimate of drug-likeness (QED) is 0.173. The van der Waals surface area contributed by atoms with Crippen LogP contribution in [0.5, 0.6) is 0 Å². The van der Waals surface area contributed by atoms with Gasteiger partial charge < -0.3 is 14.2 Å². The van der Waals surface area contributed by atoms with Gasteiger partial charge in [-0.25, -0.2) is 0 Å². The molecule has 0 bridgehead atoms. The van der Waals surface area contributed by atoms with E-state index in [9.17, 15) is 0 Å². The summed E-state index contributed by atoms with van der Waals surface area (Å²) in [5.41, 5.74) is 15.8. The van der Waals surface area contributed by atoms with Gasteiger partial charge in [0.25, 0.3) is 0 Å². The second kappa shape index (κ2) is 12.0. The SMILES string of the molecule is c1ccc(N(c2ccccc2)c2ccc(N(c3ccccc3)c3ccc4c(c3)-c3ccccc3C43c4ccccc4-c4oc5ccccc5c43)cc2)cc1. The van der Waals surface area contributed by atoms with Crippen molar-refractivity contribution in [3.8, 4) is 22.5 Å². The molecule has 54 heavy (non-hydrogen) atoms. The molecule has 3 nitrogen and oxygen atoms in total. The third-order valence-electron chi connectivity index (χ3n) is 11.2. The average Bonchev–Trinajstić information content (AvgIpc) is 3.86. The first kappa shape index (κ1) is 30.5. The molecule has 0 fully saturated rings. The van der Waals surface area contributed by atoms with Crippen LogP contribution in [-0.2, 0) is 5.41 Å². The molecule has 0 amide bonds. The molecule has 8 aromatic carbocycles. The zero-order valence-corrected chi connectivity index (χ0v) is 29.4. The van der Waals surface area contributed by atoms with E-state index in [2.05, 4.69) is 216 Å². The predicted molar refractivity (Wildman–Crippen MR) is 222 cm³/mol. The maximum atomic E-state index is 6.70. The van der Waals surface area contributed by atoms with Gasteiger partial charge in [-0.2, -0.15) is 0 Å². The van der Waals surface area contributed by atoms with Crippen molar-refractivity contribution in [1.82, 2.24) is 0 Å². The molecule has 0 N–H and O–H groups in total. The Morgan fingerprint density at radius 1 is 0.333 bits per heavy atom. The van der Waals surface area contributed by atoms with Crippen molar-refractivity contribution in [2.75, 3.05) is 9.80 Å². The molecule has 254 valence electrons. The lowest BCUT2D eigenvalue weighted by Gasteiger charge is -2.31. The molecule has 11 rings (SSSR count). The third-order valence-corrected chi connectivity index (χ3v) is 11.2. The van der Waals surface area contributed by atoms with E-state index in [1.165, 1.54) is 44.3 Å². The van der Waals surface area contributed by atoms with Crippen LogP contribution in [0.2, 0.25) is 0 Å². The summed E-state index contributed by atoms with van der Waals surface area (Å²) in [6.45, 7) is 0. The molecule has 2 aliphatic carbocycles. The van der Waals surface area contributed by atoms with Crippen LogP contribution >= 0.6 is 0 Å². The lowest BCUT2D eigenvalue weighted by molar-refractivity contribution is 0.628. The third kappa shape index (κ3) is 4.36. The van der Waals surface area contributed by atoms with Crippen LogP contribution in [0.1, 0.15) is 22.3 Å². The molecule has 1 unspecified atom stereocenters. The van der Waals surface area contributed by atoms with E-state index < -0.39 is 5.41 Å². The van der Waals surface area contributed by atoms with Crippen LogP contribution in [0, 0.1) is 0 Å². The van der Waals surface area contributed by atoms with Gasteiger partial charge in [0.05, 0.1) is 5.41 Å². The average molecular weight is 691 g/mol. The smallest absolute Gasteiger partial charge is 0.140 e. The van der Waals surface area contributed by atoms with Gasteiger partial charge in [0, 0.05) is 50.6 Å². The molecule has 0 aliphatic heterocycles. The topological polar surface area (TPSA) is 19.6 Å². The van der Waals surface area contributed by atoms with Gasteiger partial charge >= 0.3 is 0 Å². The molecule has 0 radical (unpaired) electrons. The Kier molecular flexibility index (Phi) is 6.77. The van der Waals surface area contributed by atoms with Crippen molar-refractivity contribution in [1.29, 1.82) is 0 Å². The molecule has 3 heteroatoms. The summed E-state index contributed by atoms with van der Waals surface area (Å²) in [7, 11) is 0. The lowest BCUT2D eigenvalue weighted by Crippen LogP contribution is -2.25. The summed E-state index contributed by atoms with van der Waals surface area (Å²) in [6.07, 6.45) is 0. The van der Waals surface area contributed by atoms with E-state index in [0.717, 1.165) is 45.5 Å². The van der Waals surface area contributed by atoms with Gasteiger partial charge in [0.1, 0.15) is 11.3 Å². The maximum absolute atomic E-state index is 6.70. The van der Waals surface area contributed by atoms with E-state index in [4.69, 9.17) is 4.42 Å². The number of hydrogen-bond donors (Lipinski definition) is 0. The van der Waals surface area contributed by atoms with E-state index in [-0.39, 0.29) is 0 Å². The van der Waals surface area contributed by atoms with Crippen molar-refractivity contribution >= 4 is 45.1 Å². The van der Waals surface area contributed by atoms with E-state index >= 15 is 0 Å². The van der Waals surface area contributed by atoms with Gasteiger partial charge in [-0.05, 0) is 107 Å². The zero-order valence-electron chi connectivity index (χ0n) is 29.4. The summed E-state index contributed by atoms with van der Waals surface area (Å²) in [4.78, 5) is 4.67.